The number of carbonyl (C=O) groups excluding carboxylic acids is 3. The van der Waals surface area contributed by atoms with Crippen LogP contribution < -0.4 is 21.7 Å². The number of nitrogens with zero attached hydrogens (tertiary/aromatic N) is 1. The van der Waals surface area contributed by atoms with Gasteiger partial charge >= 0.3 is 11.9 Å². The quantitative estimate of drug-likeness (QED) is 0.201. The van der Waals surface area contributed by atoms with Crippen LogP contribution in [0.2, 0.25) is 0 Å². The average Bonchev–Trinajstić information content (AvgIpc) is 3.12. The van der Waals surface area contributed by atoms with Crippen molar-refractivity contribution in [3.8, 4) is 0 Å². The molecule has 0 aromatic carbocycles. The summed E-state index contributed by atoms with van der Waals surface area (Å²) >= 11 is 0. The van der Waals surface area contributed by atoms with Crippen molar-refractivity contribution in [2.45, 2.75) is 50.9 Å². The summed E-state index contributed by atoms with van der Waals surface area (Å²) < 4.78 is 0. The molecule has 0 spiro atoms. The van der Waals surface area contributed by atoms with Gasteiger partial charge in [0.05, 0.1) is 18.8 Å². The van der Waals surface area contributed by atoms with E-state index in [9.17, 15) is 29.1 Å². The van der Waals surface area contributed by atoms with E-state index in [-0.39, 0.29) is 6.42 Å². The molecule has 0 saturated carbocycles. The lowest BCUT2D eigenvalue weighted by Gasteiger charge is -2.22. The van der Waals surface area contributed by atoms with Gasteiger partial charge in [0.1, 0.15) is 18.1 Å². The number of carboxylic acids is 2. The van der Waals surface area contributed by atoms with Gasteiger partial charge in [-0.25, -0.2) is 9.78 Å². The second-order valence-electron chi connectivity index (χ2n) is 6.36. The number of hydrogen-bond donors (Lipinski definition) is 7. The van der Waals surface area contributed by atoms with Crippen LogP contribution in [0.5, 0.6) is 0 Å². The summed E-state index contributed by atoms with van der Waals surface area (Å²) in [5.74, 6) is -5.12. The third kappa shape index (κ3) is 7.96. The average molecular weight is 412 g/mol. The highest BCUT2D eigenvalue weighted by molar-refractivity contribution is 5.95. The normalized spacial score (nSPS) is 14.7. The lowest BCUT2D eigenvalue weighted by molar-refractivity contribution is -0.143. The molecule has 0 radical (unpaired) electrons. The number of carboxylic acid groups (broad SMARTS) is 2. The van der Waals surface area contributed by atoms with Crippen LogP contribution in [-0.4, -0.2) is 74.0 Å². The number of aromatic amines is 1. The predicted octanol–water partition coefficient (Wildman–Crippen LogP) is -2.67. The molecule has 1 rings (SSSR count). The van der Waals surface area contributed by atoms with Crippen molar-refractivity contribution in [1.82, 2.24) is 25.9 Å². The third-order valence-electron chi connectivity index (χ3n) is 3.77. The minimum absolute atomic E-state index is 0.0617. The second-order valence-corrected chi connectivity index (χ2v) is 6.36. The SMILES string of the molecule is CC(N)C(=O)NC(CC(=O)O)C(=O)NC(C)C(=O)NC(Cc1cnc[nH]1)C(=O)O. The van der Waals surface area contributed by atoms with E-state index in [1.807, 2.05) is 0 Å². The minimum Gasteiger partial charge on any atom is -0.481 e. The molecule has 3 amide bonds. The Bertz CT molecular complexity index is 749. The molecule has 0 bridgehead atoms. The van der Waals surface area contributed by atoms with Gasteiger partial charge in [-0.2, -0.15) is 0 Å². The van der Waals surface area contributed by atoms with Crippen LogP contribution in [0, 0.1) is 0 Å². The van der Waals surface area contributed by atoms with Gasteiger partial charge in [-0.1, -0.05) is 0 Å². The number of aliphatic carboxylic acids is 2. The van der Waals surface area contributed by atoms with Crippen molar-refractivity contribution < 1.29 is 34.2 Å². The van der Waals surface area contributed by atoms with E-state index >= 15 is 0 Å². The van der Waals surface area contributed by atoms with Gasteiger partial charge in [0, 0.05) is 18.3 Å². The molecule has 1 aromatic heterocycles. The lowest BCUT2D eigenvalue weighted by atomic mass is 10.1. The monoisotopic (exact) mass is 412 g/mol. The Morgan fingerprint density at radius 2 is 1.66 bits per heavy atom. The standard InChI is InChI=1S/C16H24N6O7/c1-7(17)13(25)21-10(4-12(23)24)15(27)20-8(2)14(26)22-11(16(28)29)3-9-5-18-6-19-9/h5-8,10-11H,3-4,17H2,1-2H3,(H,18,19)(H,20,27)(H,21,25)(H,22,26)(H,23,24)(H,28,29). The van der Waals surface area contributed by atoms with Crippen molar-refractivity contribution in [2.24, 2.45) is 5.73 Å². The van der Waals surface area contributed by atoms with E-state index in [1.165, 1.54) is 26.4 Å². The van der Waals surface area contributed by atoms with Crippen LogP contribution in [0.3, 0.4) is 0 Å². The fourth-order valence-electron chi connectivity index (χ4n) is 2.18. The first-order chi connectivity index (χ1) is 13.5. The highest BCUT2D eigenvalue weighted by Crippen LogP contribution is 2.01. The number of nitrogens with one attached hydrogen (secondary N) is 4. The van der Waals surface area contributed by atoms with Gasteiger partial charge in [-0.15, -0.1) is 0 Å². The maximum Gasteiger partial charge on any atom is 0.326 e. The Balaban J connectivity index is 2.73. The molecule has 29 heavy (non-hydrogen) atoms. The summed E-state index contributed by atoms with van der Waals surface area (Å²) in [5, 5.41) is 24.9. The largest absolute Gasteiger partial charge is 0.481 e. The summed E-state index contributed by atoms with van der Waals surface area (Å²) in [5.41, 5.74) is 5.87. The molecule has 13 heteroatoms. The van der Waals surface area contributed by atoms with E-state index in [2.05, 4.69) is 25.9 Å². The molecule has 4 atom stereocenters. The number of amides is 3. The van der Waals surface area contributed by atoms with Crippen molar-refractivity contribution in [3.05, 3.63) is 18.2 Å². The molecule has 0 aliphatic rings. The van der Waals surface area contributed by atoms with E-state index < -0.39 is 60.2 Å². The van der Waals surface area contributed by atoms with Crippen molar-refractivity contribution in [3.63, 3.8) is 0 Å². The van der Waals surface area contributed by atoms with Crippen LogP contribution in [0.15, 0.2) is 12.5 Å². The highest BCUT2D eigenvalue weighted by Gasteiger charge is 2.29. The zero-order chi connectivity index (χ0) is 22.1. The number of carbonyl (C=O) groups is 5. The molecule has 1 heterocycles. The molecular formula is C16H24N6O7. The number of nitrogens with two attached hydrogens (primary N) is 1. The van der Waals surface area contributed by atoms with E-state index in [0.717, 1.165) is 0 Å². The van der Waals surface area contributed by atoms with Crippen LogP contribution >= 0.6 is 0 Å². The summed E-state index contributed by atoms with van der Waals surface area (Å²) in [6.45, 7) is 2.64. The first kappa shape index (κ1) is 23.6. The molecule has 0 saturated heterocycles. The first-order valence-corrected chi connectivity index (χ1v) is 8.59. The van der Waals surface area contributed by atoms with Crippen LogP contribution in [0.25, 0.3) is 0 Å². The van der Waals surface area contributed by atoms with Crippen LogP contribution in [-0.2, 0) is 30.4 Å². The molecule has 0 aliphatic carbocycles. The zero-order valence-corrected chi connectivity index (χ0v) is 15.8. The lowest BCUT2D eigenvalue weighted by Crippen LogP contribution is -2.56. The Kier molecular flexibility index (Phi) is 8.73. The summed E-state index contributed by atoms with van der Waals surface area (Å²) in [4.78, 5) is 65.0. The van der Waals surface area contributed by atoms with Crippen molar-refractivity contribution in [2.75, 3.05) is 0 Å². The Morgan fingerprint density at radius 3 is 2.14 bits per heavy atom. The van der Waals surface area contributed by atoms with Gasteiger partial charge in [-0.05, 0) is 13.8 Å². The van der Waals surface area contributed by atoms with Crippen LogP contribution in [0.1, 0.15) is 26.0 Å². The maximum atomic E-state index is 12.3. The number of rotatable bonds is 11. The fraction of sp³-hybridized carbons (Fsp3) is 0.500. The van der Waals surface area contributed by atoms with Gasteiger partial charge in [0.25, 0.3) is 0 Å². The second kappa shape index (κ2) is 10.8. The number of hydrogen-bond acceptors (Lipinski definition) is 7. The summed E-state index contributed by atoms with van der Waals surface area (Å²) in [6, 6.07) is -4.91. The molecular weight excluding hydrogens is 388 g/mol. The molecule has 160 valence electrons. The number of aromatic nitrogens is 2. The molecule has 0 fully saturated rings. The van der Waals surface area contributed by atoms with E-state index in [4.69, 9.17) is 10.8 Å². The predicted molar refractivity (Wildman–Crippen MR) is 97.3 cm³/mol. The third-order valence-corrected chi connectivity index (χ3v) is 3.77. The van der Waals surface area contributed by atoms with Crippen LogP contribution in [0.4, 0.5) is 0 Å². The van der Waals surface area contributed by atoms with Gasteiger partial charge in [-0.3, -0.25) is 19.2 Å². The Labute approximate surface area is 165 Å². The molecule has 13 nitrogen and oxygen atoms in total. The van der Waals surface area contributed by atoms with Gasteiger partial charge in [0.2, 0.25) is 17.7 Å². The molecule has 4 unspecified atom stereocenters. The maximum absolute atomic E-state index is 12.3. The number of H-pyrrole nitrogens is 1. The van der Waals surface area contributed by atoms with E-state index in [0.29, 0.717) is 5.69 Å². The minimum atomic E-state index is -1.46. The van der Waals surface area contributed by atoms with Crippen molar-refractivity contribution >= 4 is 29.7 Å². The van der Waals surface area contributed by atoms with Gasteiger partial charge in [0.15, 0.2) is 0 Å². The smallest absolute Gasteiger partial charge is 0.326 e. The topological polar surface area (TPSA) is 217 Å². The molecule has 0 aliphatic heterocycles. The molecule has 1 aromatic rings. The molecule has 8 N–H and O–H groups in total. The van der Waals surface area contributed by atoms with E-state index in [1.54, 1.807) is 0 Å². The zero-order valence-electron chi connectivity index (χ0n) is 15.8. The summed E-state index contributed by atoms with van der Waals surface area (Å²) in [6.07, 6.45) is 1.98. The number of imidazole rings is 1. The van der Waals surface area contributed by atoms with Gasteiger partial charge < -0.3 is 36.9 Å². The Morgan fingerprint density at radius 1 is 1.03 bits per heavy atom. The Hall–Kier alpha value is -3.48. The highest BCUT2D eigenvalue weighted by atomic mass is 16.4. The van der Waals surface area contributed by atoms with Crippen molar-refractivity contribution in [1.29, 1.82) is 0 Å². The fourth-order valence-corrected chi connectivity index (χ4v) is 2.18. The summed E-state index contributed by atoms with van der Waals surface area (Å²) in [7, 11) is 0. The first-order valence-electron chi connectivity index (χ1n) is 8.59.